The molecule has 0 N–H and O–H groups in total. The smallest absolute Gasteiger partial charge is 0.110 e. The highest BCUT2D eigenvalue weighted by molar-refractivity contribution is 5.10. The molecule has 2 heterocycles. The molecule has 108 valence electrons. The van der Waals surface area contributed by atoms with Crippen LogP contribution in [0.15, 0.2) is 0 Å². The molecule has 4 nitrogen and oxygen atoms in total. The van der Waals surface area contributed by atoms with Gasteiger partial charge < -0.3 is 9.80 Å². The van der Waals surface area contributed by atoms with E-state index < -0.39 is 0 Å². The third-order valence-corrected chi connectivity index (χ3v) is 4.90. The molecule has 0 aromatic rings. The predicted octanol–water partition coefficient (Wildman–Crippen LogP) is 1.39. The van der Waals surface area contributed by atoms with E-state index in [1.54, 1.807) is 0 Å². The Bertz CT molecular complexity index is 328. The Balaban J connectivity index is 2.04. The molecule has 2 aliphatic rings. The van der Waals surface area contributed by atoms with E-state index in [0.29, 0.717) is 6.04 Å². The predicted molar refractivity (Wildman–Crippen MR) is 78.0 cm³/mol. The van der Waals surface area contributed by atoms with Gasteiger partial charge in [-0.2, -0.15) is 5.26 Å². The Kier molecular flexibility index (Phi) is 4.83. The van der Waals surface area contributed by atoms with Crippen molar-refractivity contribution in [1.82, 2.24) is 14.7 Å². The Morgan fingerprint density at radius 1 is 1.00 bits per heavy atom. The van der Waals surface area contributed by atoms with Gasteiger partial charge in [0.2, 0.25) is 0 Å². The van der Waals surface area contributed by atoms with Crippen LogP contribution >= 0.6 is 0 Å². The Morgan fingerprint density at radius 3 is 2.26 bits per heavy atom. The van der Waals surface area contributed by atoms with Crippen molar-refractivity contribution < 1.29 is 0 Å². The van der Waals surface area contributed by atoms with Crippen molar-refractivity contribution in [1.29, 1.82) is 5.26 Å². The van der Waals surface area contributed by atoms with Gasteiger partial charge in [0.15, 0.2) is 0 Å². The number of hydrogen-bond acceptors (Lipinski definition) is 4. The normalized spacial score (nSPS) is 32.2. The highest BCUT2D eigenvalue weighted by Crippen LogP contribution is 2.30. The first-order valence-electron chi connectivity index (χ1n) is 7.66. The van der Waals surface area contributed by atoms with Crippen molar-refractivity contribution in [2.75, 3.05) is 46.3 Å². The molecule has 19 heavy (non-hydrogen) atoms. The van der Waals surface area contributed by atoms with Crippen molar-refractivity contribution in [2.24, 2.45) is 0 Å². The number of likely N-dealkylation sites (tertiary alicyclic amines) is 1. The van der Waals surface area contributed by atoms with Gasteiger partial charge in [-0.1, -0.05) is 0 Å². The van der Waals surface area contributed by atoms with Crippen LogP contribution < -0.4 is 0 Å². The lowest BCUT2D eigenvalue weighted by atomic mass is 9.89. The number of rotatable bonds is 2. The molecule has 2 saturated heterocycles. The third kappa shape index (κ3) is 3.28. The topological polar surface area (TPSA) is 33.5 Å². The Labute approximate surface area is 118 Å². The van der Waals surface area contributed by atoms with Gasteiger partial charge in [-0.25, -0.2) is 0 Å². The van der Waals surface area contributed by atoms with Crippen LogP contribution in [0.2, 0.25) is 0 Å². The largest absolute Gasteiger partial charge is 0.304 e. The quantitative estimate of drug-likeness (QED) is 0.755. The summed E-state index contributed by atoms with van der Waals surface area (Å²) in [7, 11) is 2.17. The van der Waals surface area contributed by atoms with Crippen molar-refractivity contribution in [3.05, 3.63) is 0 Å². The highest BCUT2D eigenvalue weighted by Gasteiger charge is 2.39. The lowest BCUT2D eigenvalue weighted by Crippen LogP contribution is -2.56. The maximum absolute atomic E-state index is 9.79. The molecule has 0 aromatic heterocycles. The second-order valence-corrected chi connectivity index (χ2v) is 6.42. The summed E-state index contributed by atoms with van der Waals surface area (Å²) in [6.07, 6.45) is 3.19. The van der Waals surface area contributed by atoms with Crippen molar-refractivity contribution in [3.8, 4) is 6.07 Å². The van der Waals surface area contributed by atoms with Crippen molar-refractivity contribution in [3.63, 3.8) is 0 Å². The molecule has 0 amide bonds. The van der Waals surface area contributed by atoms with Crippen LogP contribution in [0, 0.1) is 11.3 Å². The molecule has 2 aliphatic heterocycles. The van der Waals surface area contributed by atoms with E-state index in [1.807, 2.05) is 0 Å². The standard InChI is InChI=1S/C15H28N4/c1-14(2)18-7-4-5-15(13-16,6-8-18)19-11-9-17(3)10-12-19/h14H,4-12H2,1-3H3. The minimum atomic E-state index is -0.203. The van der Waals surface area contributed by atoms with E-state index in [9.17, 15) is 5.26 Å². The monoisotopic (exact) mass is 264 g/mol. The number of nitrogens with zero attached hydrogens (tertiary/aromatic N) is 4. The molecule has 2 rings (SSSR count). The van der Waals surface area contributed by atoms with E-state index in [-0.39, 0.29) is 5.54 Å². The van der Waals surface area contributed by atoms with E-state index >= 15 is 0 Å². The molecule has 0 radical (unpaired) electrons. The lowest BCUT2D eigenvalue weighted by molar-refractivity contribution is 0.0631. The summed E-state index contributed by atoms with van der Waals surface area (Å²) in [4.78, 5) is 7.34. The Morgan fingerprint density at radius 2 is 1.68 bits per heavy atom. The SMILES string of the molecule is CC(C)N1CCCC(C#N)(N2CCN(C)CC2)CC1. The second-order valence-electron chi connectivity index (χ2n) is 6.42. The first kappa shape index (κ1) is 14.8. The summed E-state index contributed by atoms with van der Waals surface area (Å²) in [5, 5.41) is 9.79. The molecule has 0 saturated carbocycles. The van der Waals surface area contributed by atoms with Gasteiger partial charge in [-0.3, -0.25) is 4.90 Å². The Hall–Kier alpha value is -0.630. The van der Waals surface area contributed by atoms with Crippen molar-refractivity contribution in [2.45, 2.75) is 44.7 Å². The average molecular weight is 264 g/mol. The van der Waals surface area contributed by atoms with Crippen molar-refractivity contribution >= 4 is 0 Å². The van der Waals surface area contributed by atoms with Crippen LogP contribution in [-0.2, 0) is 0 Å². The first-order chi connectivity index (χ1) is 9.07. The molecule has 0 aromatic carbocycles. The molecule has 2 fully saturated rings. The number of hydrogen-bond donors (Lipinski definition) is 0. The van der Waals surface area contributed by atoms with Gasteiger partial charge in [-0.05, 0) is 46.7 Å². The fraction of sp³-hybridized carbons (Fsp3) is 0.933. The maximum atomic E-state index is 9.79. The van der Waals surface area contributed by atoms with E-state index in [2.05, 4.69) is 41.7 Å². The van der Waals surface area contributed by atoms with Gasteiger partial charge in [0, 0.05) is 38.8 Å². The molecular weight excluding hydrogens is 236 g/mol. The zero-order valence-electron chi connectivity index (χ0n) is 12.7. The van der Waals surface area contributed by atoms with Gasteiger partial charge in [0.1, 0.15) is 5.54 Å². The third-order valence-electron chi connectivity index (χ3n) is 4.90. The molecule has 0 bridgehead atoms. The number of likely N-dealkylation sites (N-methyl/N-ethyl adjacent to an activating group) is 1. The molecule has 4 heteroatoms. The summed E-state index contributed by atoms with van der Waals surface area (Å²) in [5.41, 5.74) is -0.203. The number of piperazine rings is 1. The highest BCUT2D eigenvalue weighted by atomic mass is 15.3. The van der Waals surface area contributed by atoms with Gasteiger partial charge in [-0.15, -0.1) is 0 Å². The van der Waals surface area contributed by atoms with E-state index in [0.717, 1.165) is 58.5 Å². The molecular formula is C15H28N4. The van der Waals surface area contributed by atoms with Crippen LogP contribution in [0.1, 0.15) is 33.1 Å². The van der Waals surface area contributed by atoms with Crippen LogP contribution in [0.4, 0.5) is 0 Å². The van der Waals surface area contributed by atoms with Gasteiger partial charge in [0.05, 0.1) is 6.07 Å². The zero-order chi connectivity index (χ0) is 13.9. The second kappa shape index (κ2) is 6.21. The van der Waals surface area contributed by atoms with Gasteiger partial charge >= 0.3 is 0 Å². The molecule has 0 spiro atoms. The molecule has 1 atom stereocenters. The summed E-state index contributed by atoms with van der Waals surface area (Å²) < 4.78 is 0. The minimum absolute atomic E-state index is 0.203. The number of nitriles is 1. The van der Waals surface area contributed by atoms with Crippen LogP contribution in [0.5, 0.6) is 0 Å². The van der Waals surface area contributed by atoms with E-state index in [4.69, 9.17) is 0 Å². The summed E-state index contributed by atoms with van der Waals surface area (Å²) in [5.74, 6) is 0. The lowest BCUT2D eigenvalue weighted by Gasteiger charge is -2.43. The average Bonchev–Trinajstić information content (AvgIpc) is 2.63. The van der Waals surface area contributed by atoms with E-state index in [1.165, 1.54) is 0 Å². The zero-order valence-corrected chi connectivity index (χ0v) is 12.7. The molecule has 1 unspecified atom stereocenters. The van der Waals surface area contributed by atoms with Gasteiger partial charge in [0.25, 0.3) is 0 Å². The fourth-order valence-electron chi connectivity index (χ4n) is 3.39. The summed E-state index contributed by atoms with van der Waals surface area (Å²) in [6.45, 7) is 11.0. The van der Waals surface area contributed by atoms with Crippen LogP contribution in [0.25, 0.3) is 0 Å². The van der Waals surface area contributed by atoms with Crippen LogP contribution in [0.3, 0.4) is 0 Å². The fourth-order valence-corrected chi connectivity index (χ4v) is 3.39. The minimum Gasteiger partial charge on any atom is -0.304 e. The van der Waals surface area contributed by atoms with Crippen LogP contribution in [-0.4, -0.2) is 72.6 Å². The first-order valence-corrected chi connectivity index (χ1v) is 7.66. The molecule has 0 aliphatic carbocycles. The summed E-state index contributed by atoms with van der Waals surface area (Å²) >= 11 is 0. The summed E-state index contributed by atoms with van der Waals surface area (Å²) in [6, 6.07) is 3.28. The maximum Gasteiger partial charge on any atom is 0.110 e.